The molecule has 1 aliphatic rings. The van der Waals surface area contributed by atoms with Crippen LogP contribution < -0.4 is 11.0 Å². The van der Waals surface area contributed by atoms with Gasteiger partial charge < -0.3 is 10.2 Å². The van der Waals surface area contributed by atoms with Crippen molar-refractivity contribution in [2.45, 2.75) is 58.2 Å². The van der Waals surface area contributed by atoms with Crippen LogP contribution in [0.25, 0.3) is 22.8 Å². The number of nitrogens with zero attached hydrogens (tertiary/aromatic N) is 6. The molecule has 1 amide bonds. The van der Waals surface area contributed by atoms with Gasteiger partial charge in [0.15, 0.2) is 0 Å². The van der Waals surface area contributed by atoms with E-state index in [4.69, 9.17) is 0 Å². The van der Waals surface area contributed by atoms with Crippen molar-refractivity contribution in [1.82, 2.24) is 29.1 Å². The number of hydrogen-bond acceptors (Lipinski definition) is 5. The second-order valence-corrected chi connectivity index (χ2v) is 12.1. The van der Waals surface area contributed by atoms with Gasteiger partial charge in [0, 0.05) is 6.04 Å². The number of halogens is 3. The first-order valence-electron chi connectivity index (χ1n) is 14.9. The Morgan fingerprint density at radius 2 is 1.82 bits per heavy atom. The van der Waals surface area contributed by atoms with Crippen molar-refractivity contribution in [2.75, 3.05) is 20.6 Å². The summed E-state index contributed by atoms with van der Waals surface area (Å²) in [6.45, 7) is 4.67. The molecule has 1 saturated carbocycles. The Kier molecular flexibility index (Phi) is 8.76. The monoisotopic (exact) mass is 619 g/mol. The molecular formula is C33H36F3N7O2. The van der Waals surface area contributed by atoms with Gasteiger partial charge in [0.1, 0.15) is 5.69 Å². The number of alkyl halides is 3. The Morgan fingerprint density at radius 1 is 1.11 bits per heavy atom. The van der Waals surface area contributed by atoms with Gasteiger partial charge in [-0.05, 0) is 107 Å². The summed E-state index contributed by atoms with van der Waals surface area (Å²) in [7, 11) is 4.07. The number of aromatic nitrogens is 4. The van der Waals surface area contributed by atoms with Crippen LogP contribution in [0.3, 0.4) is 0 Å². The Balaban J connectivity index is 1.58. The number of benzene rings is 2. The van der Waals surface area contributed by atoms with Crippen molar-refractivity contribution in [3.63, 3.8) is 0 Å². The maximum Gasteiger partial charge on any atom is 0.416 e. The maximum atomic E-state index is 14.0. The van der Waals surface area contributed by atoms with Gasteiger partial charge in [-0.2, -0.15) is 23.5 Å². The Labute approximate surface area is 259 Å². The molecule has 2 aromatic heterocycles. The summed E-state index contributed by atoms with van der Waals surface area (Å²) < 4.78 is 44.5. The summed E-state index contributed by atoms with van der Waals surface area (Å²) in [4.78, 5) is 30.2. The molecule has 0 bridgehead atoms. The predicted molar refractivity (Wildman–Crippen MR) is 165 cm³/mol. The number of rotatable bonds is 9. The van der Waals surface area contributed by atoms with E-state index in [1.165, 1.54) is 23.0 Å². The maximum absolute atomic E-state index is 14.0. The Bertz CT molecular complexity index is 1790. The smallest absolute Gasteiger partial charge is 0.334 e. The van der Waals surface area contributed by atoms with Crippen LogP contribution in [0.15, 0.2) is 65.6 Å². The van der Waals surface area contributed by atoms with Gasteiger partial charge in [0.2, 0.25) is 0 Å². The van der Waals surface area contributed by atoms with E-state index in [1.54, 1.807) is 37.3 Å². The average Bonchev–Trinajstić information content (AvgIpc) is 3.56. The molecule has 2 aromatic carbocycles. The number of nitrogens with one attached hydrogen (secondary N) is 1. The molecule has 12 heteroatoms. The van der Waals surface area contributed by atoms with E-state index in [2.05, 4.69) is 28.3 Å². The zero-order valence-corrected chi connectivity index (χ0v) is 25.7. The van der Waals surface area contributed by atoms with Crippen LogP contribution in [-0.4, -0.2) is 56.5 Å². The fourth-order valence-electron chi connectivity index (χ4n) is 6.44. The molecule has 4 aromatic rings. The number of imidazole rings is 1. The third-order valence-corrected chi connectivity index (χ3v) is 8.60. The molecule has 236 valence electrons. The number of nitriles is 1. The molecule has 45 heavy (non-hydrogen) atoms. The van der Waals surface area contributed by atoms with Gasteiger partial charge in [-0.25, -0.2) is 18.8 Å². The lowest BCUT2D eigenvalue weighted by molar-refractivity contribution is -0.137. The van der Waals surface area contributed by atoms with E-state index in [0.29, 0.717) is 16.9 Å². The summed E-state index contributed by atoms with van der Waals surface area (Å²) in [6.07, 6.45) is 1.51. The van der Waals surface area contributed by atoms with Crippen molar-refractivity contribution in [3.8, 4) is 28.8 Å². The molecule has 1 fully saturated rings. The van der Waals surface area contributed by atoms with Gasteiger partial charge in [0.25, 0.3) is 0 Å². The van der Waals surface area contributed by atoms with Crippen molar-refractivity contribution in [2.24, 2.45) is 5.41 Å². The predicted octanol–water partition coefficient (Wildman–Crippen LogP) is 6.15. The third-order valence-electron chi connectivity index (χ3n) is 8.60. The molecule has 0 saturated heterocycles. The van der Waals surface area contributed by atoms with Crippen molar-refractivity contribution >= 4 is 6.03 Å². The largest absolute Gasteiger partial charge is 0.416 e. The summed E-state index contributed by atoms with van der Waals surface area (Å²) >= 11 is 0. The summed E-state index contributed by atoms with van der Waals surface area (Å²) in [5.41, 5.74) is 0.261. The zero-order chi connectivity index (χ0) is 32.5. The Hall–Kier alpha value is -4.63. The standard InChI is InChI=1S/C33H36F3N7O2/c1-5-14-32(15-17-40(3)4)19-25(20-32)39-30(44)42-29(28-13-16-38-43(28)26-11-9-23(21-37)10-12-26)22(2)41(31(42)45)27-8-6-7-24(18-27)33(34,35)36/h6-13,16,18,25H,5,14-15,17,19-20H2,1-4H3,(H,39,44). The fraction of sp³-hybridized carbons (Fsp3) is 0.394. The Morgan fingerprint density at radius 3 is 2.44 bits per heavy atom. The second kappa shape index (κ2) is 12.4. The molecule has 0 aliphatic heterocycles. The minimum absolute atomic E-state index is 0.0149. The number of carbonyl (C=O) groups excluding carboxylic acids is 1. The van der Waals surface area contributed by atoms with Gasteiger partial charge in [-0.1, -0.05) is 19.4 Å². The number of hydrogen-bond donors (Lipinski definition) is 1. The van der Waals surface area contributed by atoms with Gasteiger partial charge in [0.05, 0.1) is 46.2 Å². The minimum Gasteiger partial charge on any atom is -0.334 e. The van der Waals surface area contributed by atoms with E-state index in [1.807, 2.05) is 14.1 Å². The van der Waals surface area contributed by atoms with E-state index in [-0.39, 0.29) is 28.5 Å². The molecule has 5 rings (SSSR count). The number of amides is 1. The van der Waals surface area contributed by atoms with E-state index >= 15 is 0 Å². The summed E-state index contributed by atoms with van der Waals surface area (Å²) in [6, 6.07) is 14.0. The van der Waals surface area contributed by atoms with Crippen LogP contribution in [0.4, 0.5) is 18.0 Å². The van der Waals surface area contributed by atoms with Gasteiger partial charge in [-0.3, -0.25) is 4.57 Å². The van der Waals surface area contributed by atoms with Crippen molar-refractivity contribution in [1.29, 1.82) is 5.26 Å². The normalized spacial score (nSPS) is 18.1. The molecule has 0 atom stereocenters. The number of carbonyl (C=O) groups is 1. The first-order chi connectivity index (χ1) is 21.4. The third kappa shape index (κ3) is 6.31. The quantitative estimate of drug-likeness (QED) is 0.242. The zero-order valence-electron chi connectivity index (χ0n) is 25.7. The van der Waals surface area contributed by atoms with Crippen LogP contribution in [0.1, 0.15) is 55.8 Å². The lowest BCUT2D eigenvalue weighted by Gasteiger charge is -2.48. The second-order valence-electron chi connectivity index (χ2n) is 12.1. The highest BCUT2D eigenvalue weighted by atomic mass is 19.4. The van der Waals surface area contributed by atoms with Gasteiger partial charge >= 0.3 is 17.9 Å². The van der Waals surface area contributed by atoms with E-state index in [0.717, 1.165) is 59.9 Å². The first kappa shape index (κ1) is 31.8. The van der Waals surface area contributed by atoms with E-state index < -0.39 is 23.5 Å². The lowest BCUT2D eigenvalue weighted by Crippen LogP contribution is -2.53. The topological polar surface area (TPSA) is 101 Å². The summed E-state index contributed by atoms with van der Waals surface area (Å²) in [5.74, 6) is 0. The van der Waals surface area contributed by atoms with Crippen LogP contribution in [0.2, 0.25) is 0 Å². The molecule has 1 aliphatic carbocycles. The molecule has 9 nitrogen and oxygen atoms in total. The molecule has 0 radical (unpaired) electrons. The highest BCUT2D eigenvalue weighted by molar-refractivity contribution is 5.83. The molecule has 1 N–H and O–H groups in total. The van der Waals surface area contributed by atoms with Crippen molar-refractivity contribution in [3.05, 3.63) is 88.1 Å². The SMILES string of the molecule is CCCC1(CCN(C)C)CC(NC(=O)n2c(-c3ccnn3-c3ccc(C#N)cc3)c(C)n(-c3cccc(C(F)(F)F)c3)c2=O)C1. The minimum atomic E-state index is -4.62. The van der Waals surface area contributed by atoms with Crippen LogP contribution >= 0.6 is 0 Å². The molecule has 0 unspecified atom stereocenters. The van der Waals surface area contributed by atoms with Gasteiger partial charge in [-0.15, -0.1) is 0 Å². The highest BCUT2D eigenvalue weighted by Crippen LogP contribution is 2.48. The highest BCUT2D eigenvalue weighted by Gasteiger charge is 2.44. The first-order valence-corrected chi connectivity index (χ1v) is 14.9. The van der Waals surface area contributed by atoms with E-state index in [9.17, 15) is 28.0 Å². The molecular weight excluding hydrogens is 583 g/mol. The summed E-state index contributed by atoms with van der Waals surface area (Å²) in [5, 5.41) is 16.7. The van der Waals surface area contributed by atoms with Crippen LogP contribution in [-0.2, 0) is 6.18 Å². The van der Waals surface area contributed by atoms with Crippen LogP contribution in [0.5, 0.6) is 0 Å². The average molecular weight is 620 g/mol. The van der Waals surface area contributed by atoms with Crippen LogP contribution in [0, 0.1) is 23.7 Å². The molecule has 0 spiro atoms. The fourth-order valence-corrected chi connectivity index (χ4v) is 6.44. The van der Waals surface area contributed by atoms with Crippen molar-refractivity contribution < 1.29 is 18.0 Å². The lowest BCUT2D eigenvalue weighted by atomic mass is 9.61. The molecule has 2 heterocycles.